The maximum atomic E-state index is 11.0. The number of rotatable bonds is 4. The molecule has 0 spiro atoms. The van der Waals surface area contributed by atoms with Gasteiger partial charge in [-0.3, -0.25) is 4.79 Å². The molecule has 0 aliphatic heterocycles. The van der Waals surface area contributed by atoms with Crippen molar-refractivity contribution in [2.24, 2.45) is 11.8 Å². The smallest absolute Gasteiger partial charge is 0.306 e. The first kappa shape index (κ1) is 13.0. The molecule has 4 nitrogen and oxygen atoms in total. The molecule has 0 bridgehead atoms. The highest BCUT2D eigenvalue weighted by atomic mass is 16.4. The molecule has 1 aliphatic carbocycles. The van der Waals surface area contributed by atoms with Crippen LogP contribution in [0.4, 0.5) is 0 Å². The normalized spacial score (nSPS) is 18.7. The first-order valence-corrected chi connectivity index (χ1v) is 6.62. The lowest BCUT2D eigenvalue weighted by Crippen LogP contribution is -2.23. The van der Waals surface area contributed by atoms with Gasteiger partial charge in [-0.25, -0.2) is 9.97 Å². The second kappa shape index (κ2) is 5.46. The topological polar surface area (TPSA) is 63.1 Å². The van der Waals surface area contributed by atoms with Crippen molar-refractivity contribution in [3.63, 3.8) is 0 Å². The van der Waals surface area contributed by atoms with Gasteiger partial charge < -0.3 is 5.11 Å². The maximum absolute atomic E-state index is 11.0. The monoisotopic (exact) mass is 248 g/mol. The van der Waals surface area contributed by atoms with Crippen molar-refractivity contribution in [3.05, 3.63) is 23.3 Å². The van der Waals surface area contributed by atoms with Crippen LogP contribution < -0.4 is 0 Å². The highest BCUT2D eigenvalue weighted by Gasteiger charge is 2.25. The summed E-state index contributed by atoms with van der Waals surface area (Å²) >= 11 is 0. The van der Waals surface area contributed by atoms with Crippen molar-refractivity contribution < 1.29 is 9.90 Å². The lowest BCUT2D eigenvalue weighted by molar-refractivity contribution is -0.142. The van der Waals surface area contributed by atoms with Crippen molar-refractivity contribution in [1.82, 2.24) is 9.97 Å². The maximum Gasteiger partial charge on any atom is 0.306 e. The van der Waals surface area contributed by atoms with Crippen LogP contribution in [-0.4, -0.2) is 21.0 Å². The largest absolute Gasteiger partial charge is 0.481 e. The van der Waals surface area contributed by atoms with Crippen LogP contribution in [0.2, 0.25) is 0 Å². The first-order valence-electron chi connectivity index (χ1n) is 6.62. The molecular weight excluding hydrogens is 228 g/mol. The summed E-state index contributed by atoms with van der Waals surface area (Å²) in [6.45, 7) is 4.38. The SMILES string of the molecule is CC(C)CCc1ncc2c(n1)CCC(C(=O)O)C2. The molecule has 0 radical (unpaired) electrons. The van der Waals surface area contributed by atoms with Gasteiger partial charge in [-0.15, -0.1) is 0 Å². The molecule has 1 atom stereocenters. The third-order valence-corrected chi connectivity index (χ3v) is 3.49. The summed E-state index contributed by atoms with van der Waals surface area (Å²) in [5.41, 5.74) is 2.07. The summed E-state index contributed by atoms with van der Waals surface area (Å²) in [5, 5.41) is 9.02. The highest BCUT2D eigenvalue weighted by Crippen LogP contribution is 2.24. The number of fused-ring (bicyclic) bond motifs is 1. The van der Waals surface area contributed by atoms with Crippen LogP contribution in [0, 0.1) is 11.8 Å². The van der Waals surface area contributed by atoms with E-state index in [1.165, 1.54) is 0 Å². The van der Waals surface area contributed by atoms with E-state index in [1.54, 1.807) is 0 Å². The minimum atomic E-state index is -0.704. The molecule has 0 aromatic carbocycles. The molecule has 1 heterocycles. The fraction of sp³-hybridized carbons (Fsp3) is 0.643. The van der Waals surface area contributed by atoms with Gasteiger partial charge in [-0.05, 0) is 37.2 Å². The Morgan fingerprint density at radius 2 is 2.33 bits per heavy atom. The zero-order valence-corrected chi connectivity index (χ0v) is 11.0. The zero-order valence-electron chi connectivity index (χ0n) is 11.0. The summed E-state index contributed by atoms with van der Waals surface area (Å²) in [6, 6.07) is 0. The summed E-state index contributed by atoms with van der Waals surface area (Å²) < 4.78 is 0. The molecule has 0 saturated carbocycles. The molecule has 18 heavy (non-hydrogen) atoms. The van der Waals surface area contributed by atoms with E-state index < -0.39 is 5.97 Å². The fourth-order valence-corrected chi connectivity index (χ4v) is 2.30. The third-order valence-electron chi connectivity index (χ3n) is 3.49. The van der Waals surface area contributed by atoms with Crippen molar-refractivity contribution in [2.45, 2.75) is 46.0 Å². The Hall–Kier alpha value is -1.45. The van der Waals surface area contributed by atoms with Crippen molar-refractivity contribution in [3.8, 4) is 0 Å². The summed E-state index contributed by atoms with van der Waals surface area (Å²) in [5.74, 6) is 0.587. The van der Waals surface area contributed by atoms with E-state index in [-0.39, 0.29) is 5.92 Å². The van der Waals surface area contributed by atoms with Crippen LogP contribution in [0.5, 0.6) is 0 Å². The molecule has 1 aromatic heterocycles. The predicted molar refractivity (Wildman–Crippen MR) is 68.3 cm³/mol. The van der Waals surface area contributed by atoms with Crippen LogP contribution in [0.15, 0.2) is 6.20 Å². The molecule has 98 valence electrons. The van der Waals surface area contributed by atoms with E-state index in [9.17, 15) is 4.79 Å². The Labute approximate surface area is 107 Å². The molecule has 1 unspecified atom stereocenters. The molecular formula is C14H20N2O2. The molecule has 0 saturated heterocycles. The number of hydrogen-bond donors (Lipinski definition) is 1. The second-order valence-corrected chi connectivity index (χ2v) is 5.47. The van der Waals surface area contributed by atoms with Crippen LogP contribution in [0.25, 0.3) is 0 Å². The number of carboxylic acids is 1. The van der Waals surface area contributed by atoms with Gasteiger partial charge in [-0.1, -0.05) is 13.8 Å². The van der Waals surface area contributed by atoms with E-state index in [0.29, 0.717) is 18.8 Å². The fourth-order valence-electron chi connectivity index (χ4n) is 2.30. The van der Waals surface area contributed by atoms with Crippen molar-refractivity contribution in [1.29, 1.82) is 0 Å². The highest BCUT2D eigenvalue weighted by molar-refractivity contribution is 5.70. The minimum Gasteiger partial charge on any atom is -0.481 e. The number of carbonyl (C=O) groups is 1. The number of nitrogens with zero attached hydrogens (tertiary/aromatic N) is 2. The Morgan fingerprint density at radius 3 is 3.00 bits per heavy atom. The minimum absolute atomic E-state index is 0.261. The summed E-state index contributed by atoms with van der Waals surface area (Å²) in [4.78, 5) is 19.9. The molecule has 1 aliphatic rings. The number of aryl methyl sites for hydroxylation is 2. The van der Waals surface area contributed by atoms with Gasteiger partial charge >= 0.3 is 5.97 Å². The van der Waals surface area contributed by atoms with Crippen molar-refractivity contribution >= 4 is 5.97 Å². The Morgan fingerprint density at radius 1 is 1.56 bits per heavy atom. The standard InChI is InChI=1S/C14H20N2O2/c1-9(2)3-6-13-15-8-11-7-10(14(17)18)4-5-12(11)16-13/h8-10H,3-7H2,1-2H3,(H,17,18). The Bertz CT molecular complexity index is 443. The molecule has 4 heteroatoms. The number of carboxylic acid groups (broad SMARTS) is 1. The van der Waals surface area contributed by atoms with Gasteiger partial charge in [0.15, 0.2) is 0 Å². The Balaban J connectivity index is 2.07. The Kier molecular flexibility index (Phi) is 3.94. The number of hydrogen-bond acceptors (Lipinski definition) is 3. The van der Waals surface area contributed by atoms with Gasteiger partial charge in [0.2, 0.25) is 0 Å². The van der Waals surface area contributed by atoms with E-state index in [4.69, 9.17) is 5.11 Å². The van der Waals surface area contributed by atoms with Gasteiger partial charge in [0.1, 0.15) is 5.82 Å². The van der Waals surface area contributed by atoms with Crippen LogP contribution in [0.1, 0.15) is 43.8 Å². The lowest BCUT2D eigenvalue weighted by atomic mass is 9.87. The quantitative estimate of drug-likeness (QED) is 0.887. The average Bonchev–Trinajstić information content (AvgIpc) is 2.35. The van der Waals surface area contributed by atoms with Crippen LogP contribution in [0.3, 0.4) is 0 Å². The van der Waals surface area contributed by atoms with Crippen molar-refractivity contribution in [2.75, 3.05) is 0 Å². The molecule has 0 amide bonds. The van der Waals surface area contributed by atoms with Crippen LogP contribution >= 0.6 is 0 Å². The van der Waals surface area contributed by atoms with Gasteiger partial charge in [0, 0.05) is 18.3 Å². The lowest BCUT2D eigenvalue weighted by Gasteiger charge is -2.20. The first-order chi connectivity index (χ1) is 8.56. The second-order valence-electron chi connectivity index (χ2n) is 5.47. The third kappa shape index (κ3) is 3.06. The van der Waals surface area contributed by atoms with Gasteiger partial charge in [0.05, 0.1) is 5.92 Å². The summed E-state index contributed by atoms with van der Waals surface area (Å²) in [6.07, 6.45) is 5.87. The molecule has 1 aromatic rings. The van der Waals surface area contributed by atoms with Gasteiger partial charge in [-0.2, -0.15) is 0 Å². The zero-order chi connectivity index (χ0) is 13.1. The van der Waals surface area contributed by atoms with E-state index in [0.717, 1.165) is 36.3 Å². The average molecular weight is 248 g/mol. The molecule has 1 N–H and O–H groups in total. The number of aliphatic carboxylic acids is 1. The summed E-state index contributed by atoms with van der Waals surface area (Å²) in [7, 11) is 0. The van der Waals surface area contributed by atoms with Crippen LogP contribution in [-0.2, 0) is 24.1 Å². The van der Waals surface area contributed by atoms with E-state index >= 15 is 0 Å². The van der Waals surface area contributed by atoms with E-state index in [2.05, 4.69) is 23.8 Å². The predicted octanol–water partition coefficient (Wildman–Crippen LogP) is 2.25. The van der Waals surface area contributed by atoms with E-state index in [1.807, 2.05) is 6.20 Å². The van der Waals surface area contributed by atoms with Gasteiger partial charge in [0.25, 0.3) is 0 Å². The molecule has 0 fully saturated rings. The molecule has 2 rings (SSSR count). The number of aromatic nitrogens is 2.